The monoisotopic (exact) mass is 468 g/mol. The van der Waals surface area contributed by atoms with Crippen LogP contribution in [0, 0.1) is 11.3 Å². The molecule has 0 saturated carbocycles. The minimum Gasteiger partial charge on any atom is -0.474 e. The van der Waals surface area contributed by atoms with E-state index >= 15 is 0 Å². The molecule has 0 amide bonds. The molecule has 1 aliphatic rings. The number of allylic oxidation sites excluding steroid dienone is 1. The van der Waals surface area contributed by atoms with Crippen LogP contribution >= 0.6 is 0 Å². The molecule has 1 saturated heterocycles. The van der Waals surface area contributed by atoms with Crippen LogP contribution in [-0.4, -0.2) is 43.5 Å². The molecule has 10 nitrogen and oxygen atoms in total. The van der Waals surface area contributed by atoms with Crippen LogP contribution in [0.15, 0.2) is 66.1 Å². The summed E-state index contributed by atoms with van der Waals surface area (Å²) in [5, 5.41) is 15.8. The summed E-state index contributed by atoms with van der Waals surface area (Å²) in [5.74, 6) is 1.32. The van der Waals surface area contributed by atoms with E-state index in [9.17, 15) is 4.79 Å². The number of nitrogens with zero attached hydrogens (tertiary/aromatic N) is 6. The molecule has 0 bridgehead atoms. The molecule has 176 valence electrons. The Balaban J connectivity index is 1.55. The zero-order valence-corrected chi connectivity index (χ0v) is 19.0. The van der Waals surface area contributed by atoms with Crippen LogP contribution in [-0.2, 0) is 6.54 Å². The lowest BCUT2D eigenvalue weighted by Gasteiger charge is -2.23. The number of anilines is 2. The summed E-state index contributed by atoms with van der Waals surface area (Å²) in [6.45, 7) is 5.89. The van der Waals surface area contributed by atoms with Crippen molar-refractivity contribution in [2.75, 3.05) is 18.4 Å². The Kier molecular flexibility index (Phi) is 6.24. The van der Waals surface area contributed by atoms with Crippen LogP contribution in [0.2, 0.25) is 0 Å². The summed E-state index contributed by atoms with van der Waals surface area (Å²) < 4.78 is 9.31. The average molecular weight is 469 g/mol. The number of benzene rings is 1. The van der Waals surface area contributed by atoms with Crippen molar-refractivity contribution in [3.05, 3.63) is 77.2 Å². The van der Waals surface area contributed by atoms with Gasteiger partial charge < -0.3 is 15.4 Å². The molecule has 0 unspecified atom stereocenters. The third kappa shape index (κ3) is 4.62. The van der Waals surface area contributed by atoms with E-state index < -0.39 is 0 Å². The van der Waals surface area contributed by atoms with Crippen molar-refractivity contribution in [1.29, 1.82) is 5.26 Å². The molecule has 0 radical (unpaired) electrons. The molecule has 2 N–H and O–H groups in total. The first-order valence-electron chi connectivity index (χ1n) is 11.4. The summed E-state index contributed by atoms with van der Waals surface area (Å²) >= 11 is 0. The van der Waals surface area contributed by atoms with Gasteiger partial charge in [0.05, 0.1) is 18.2 Å². The molecule has 1 aromatic carbocycles. The van der Waals surface area contributed by atoms with Gasteiger partial charge in [0.2, 0.25) is 11.8 Å². The Morgan fingerprint density at radius 3 is 2.74 bits per heavy atom. The largest absolute Gasteiger partial charge is 0.474 e. The third-order valence-electron chi connectivity index (χ3n) is 5.75. The number of piperidine rings is 1. The summed E-state index contributed by atoms with van der Waals surface area (Å²) in [6, 6.07) is 14.5. The van der Waals surface area contributed by atoms with Crippen LogP contribution in [0.4, 0.5) is 11.6 Å². The molecule has 4 heterocycles. The highest BCUT2D eigenvalue weighted by molar-refractivity contribution is 5.77. The first-order chi connectivity index (χ1) is 17.2. The van der Waals surface area contributed by atoms with E-state index in [1.54, 1.807) is 35.0 Å². The molecular formula is C25H24N8O2. The van der Waals surface area contributed by atoms with Gasteiger partial charge in [-0.3, -0.25) is 4.79 Å². The maximum absolute atomic E-state index is 13.2. The van der Waals surface area contributed by atoms with Crippen molar-refractivity contribution in [2.45, 2.75) is 25.5 Å². The fourth-order valence-electron chi connectivity index (χ4n) is 4.04. The number of ether oxygens (including phenoxy) is 1. The second-order valence-corrected chi connectivity index (χ2v) is 8.13. The van der Waals surface area contributed by atoms with Gasteiger partial charge in [0, 0.05) is 18.0 Å². The van der Waals surface area contributed by atoms with Crippen LogP contribution in [0.3, 0.4) is 0 Å². The molecular weight excluding hydrogens is 444 g/mol. The Morgan fingerprint density at radius 2 is 2.00 bits per heavy atom. The fourth-order valence-corrected chi connectivity index (χ4v) is 4.04. The van der Waals surface area contributed by atoms with E-state index in [1.165, 1.54) is 10.9 Å². The van der Waals surface area contributed by atoms with E-state index in [4.69, 9.17) is 15.0 Å². The van der Waals surface area contributed by atoms with Crippen molar-refractivity contribution in [3.63, 3.8) is 0 Å². The number of pyridine rings is 1. The van der Waals surface area contributed by atoms with Gasteiger partial charge >= 0.3 is 0 Å². The van der Waals surface area contributed by atoms with Crippen LogP contribution in [0.5, 0.6) is 5.88 Å². The van der Waals surface area contributed by atoms with Crippen molar-refractivity contribution >= 4 is 22.7 Å². The topological polar surface area (TPSA) is 123 Å². The van der Waals surface area contributed by atoms with E-state index in [0.717, 1.165) is 31.6 Å². The Labute approximate surface area is 201 Å². The van der Waals surface area contributed by atoms with Gasteiger partial charge in [-0.2, -0.15) is 15.2 Å². The summed E-state index contributed by atoms with van der Waals surface area (Å²) in [7, 11) is 0. The lowest BCUT2D eigenvalue weighted by Crippen LogP contribution is -2.34. The van der Waals surface area contributed by atoms with Crippen LogP contribution in [0.25, 0.3) is 16.9 Å². The number of nitrogens with one attached hydrogen (secondary N) is 2. The highest BCUT2D eigenvalue weighted by Gasteiger charge is 2.19. The minimum atomic E-state index is -0.240. The van der Waals surface area contributed by atoms with Gasteiger partial charge in [0.25, 0.3) is 5.56 Å². The number of fused-ring (bicyclic) bond motifs is 1. The van der Waals surface area contributed by atoms with Gasteiger partial charge in [-0.15, -0.1) is 6.58 Å². The van der Waals surface area contributed by atoms with Gasteiger partial charge in [-0.05, 0) is 56.3 Å². The molecule has 1 fully saturated rings. The van der Waals surface area contributed by atoms with Gasteiger partial charge in [-0.25, -0.2) is 14.3 Å². The normalized spacial score (nSPS) is 13.9. The number of nitriles is 1. The summed E-state index contributed by atoms with van der Waals surface area (Å²) in [5.41, 5.74) is 1.45. The summed E-state index contributed by atoms with van der Waals surface area (Å²) in [4.78, 5) is 26.8. The Hall–Kier alpha value is -4.49. The molecule has 1 aliphatic heterocycles. The lowest BCUT2D eigenvalue weighted by atomic mass is 10.1. The summed E-state index contributed by atoms with van der Waals surface area (Å²) in [6.07, 6.45) is 5.08. The van der Waals surface area contributed by atoms with Gasteiger partial charge in [0.1, 0.15) is 11.5 Å². The maximum Gasteiger partial charge on any atom is 0.278 e. The number of rotatable bonds is 7. The van der Waals surface area contributed by atoms with Crippen molar-refractivity contribution in [2.24, 2.45) is 0 Å². The number of hydrogen-bond donors (Lipinski definition) is 2. The standard InChI is InChI=1S/C25H24N8O2/c1-2-14-32-24(34)20-16-28-25(29-18-8-6-17(15-26)7-9-18)31-23(20)33(32)21-4-3-5-22(30-21)35-19-10-12-27-13-11-19/h2-9,16,19,27H,1,10-14H2,(H,28,29,31). The molecule has 3 aromatic heterocycles. The molecule has 35 heavy (non-hydrogen) atoms. The van der Waals surface area contributed by atoms with Crippen molar-refractivity contribution < 1.29 is 4.74 Å². The molecule has 10 heteroatoms. The predicted molar refractivity (Wildman–Crippen MR) is 132 cm³/mol. The highest BCUT2D eigenvalue weighted by Crippen LogP contribution is 2.21. The zero-order valence-electron chi connectivity index (χ0n) is 19.0. The van der Waals surface area contributed by atoms with E-state index in [-0.39, 0.29) is 18.2 Å². The van der Waals surface area contributed by atoms with Crippen LogP contribution in [0.1, 0.15) is 18.4 Å². The third-order valence-corrected chi connectivity index (χ3v) is 5.75. The molecule has 0 aliphatic carbocycles. The highest BCUT2D eigenvalue weighted by atomic mass is 16.5. The maximum atomic E-state index is 13.2. The lowest BCUT2D eigenvalue weighted by molar-refractivity contribution is 0.156. The molecule has 4 aromatic rings. The second-order valence-electron chi connectivity index (χ2n) is 8.13. The smallest absolute Gasteiger partial charge is 0.278 e. The molecule has 5 rings (SSSR count). The van der Waals surface area contributed by atoms with Gasteiger partial charge in [-0.1, -0.05) is 12.1 Å². The number of aromatic nitrogens is 5. The van der Waals surface area contributed by atoms with Gasteiger partial charge in [0.15, 0.2) is 11.5 Å². The van der Waals surface area contributed by atoms with E-state index in [1.807, 2.05) is 18.2 Å². The fraction of sp³-hybridized carbons (Fsp3) is 0.240. The van der Waals surface area contributed by atoms with Crippen LogP contribution < -0.4 is 20.9 Å². The first-order valence-corrected chi connectivity index (χ1v) is 11.4. The minimum absolute atomic E-state index is 0.0984. The number of hydrogen-bond acceptors (Lipinski definition) is 8. The predicted octanol–water partition coefficient (Wildman–Crippen LogP) is 2.91. The zero-order chi connectivity index (χ0) is 24.2. The second kappa shape index (κ2) is 9.79. The SMILES string of the molecule is C=CCn1c(=O)c2cnc(Nc3ccc(C#N)cc3)nc2n1-c1cccc(OC2CCNCC2)n1. The van der Waals surface area contributed by atoms with E-state index in [2.05, 4.69) is 33.2 Å². The van der Waals surface area contributed by atoms with E-state index in [0.29, 0.717) is 34.2 Å². The first kappa shape index (κ1) is 22.3. The average Bonchev–Trinajstić information content (AvgIpc) is 3.16. The Bertz CT molecular complexity index is 1460. The van der Waals surface area contributed by atoms with Crippen molar-refractivity contribution in [3.8, 4) is 17.8 Å². The molecule has 0 spiro atoms. The molecule has 0 atom stereocenters. The van der Waals surface area contributed by atoms with Crippen molar-refractivity contribution in [1.82, 2.24) is 29.6 Å². The Morgan fingerprint density at radius 1 is 1.20 bits per heavy atom. The quantitative estimate of drug-likeness (QED) is 0.397.